The van der Waals surface area contributed by atoms with E-state index in [4.69, 9.17) is 17.0 Å². The molecule has 1 rings (SSSR count). The van der Waals surface area contributed by atoms with Crippen molar-refractivity contribution in [3.8, 4) is 0 Å². The van der Waals surface area contributed by atoms with Crippen LogP contribution in [0.2, 0.25) is 0 Å². The Hall–Kier alpha value is 0.943. The van der Waals surface area contributed by atoms with Crippen molar-refractivity contribution in [2.45, 2.75) is 20.3 Å². The van der Waals surface area contributed by atoms with Gasteiger partial charge in [-0.1, -0.05) is 37.6 Å². The first-order chi connectivity index (χ1) is 5.26. The van der Waals surface area contributed by atoms with E-state index in [-0.39, 0.29) is 0 Å². The van der Waals surface area contributed by atoms with E-state index in [0.29, 0.717) is 5.92 Å². The van der Waals surface area contributed by atoms with Crippen LogP contribution in [0.15, 0.2) is 23.8 Å². The van der Waals surface area contributed by atoms with Crippen molar-refractivity contribution in [3.63, 3.8) is 0 Å². The SMILES string of the molecule is CCC1=CC=CC1C.[Cl][Zr][Cl]. The van der Waals surface area contributed by atoms with Crippen LogP contribution in [0.5, 0.6) is 0 Å². The molecule has 0 heterocycles. The Morgan fingerprint density at radius 1 is 1.55 bits per heavy atom. The molecule has 0 aliphatic heterocycles. The van der Waals surface area contributed by atoms with Gasteiger partial charge in [0.2, 0.25) is 0 Å². The first kappa shape index (κ1) is 11.9. The monoisotopic (exact) mass is 268 g/mol. The molecule has 0 amide bonds. The summed E-state index contributed by atoms with van der Waals surface area (Å²) in [5, 5.41) is 0. The van der Waals surface area contributed by atoms with Crippen molar-refractivity contribution in [2.24, 2.45) is 5.92 Å². The molecule has 0 aromatic heterocycles. The molecule has 0 radical (unpaired) electrons. The molecule has 0 saturated heterocycles. The summed E-state index contributed by atoms with van der Waals surface area (Å²) in [6.07, 6.45) is 7.79. The van der Waals surface area contributed by atoms with Crippen molar-refractivity contribution < 1.29 is 20.8 Å². The van der Waals surface area contributed by atoms with Crippen LogP contribution in [0.4, 0.5) is 0 Å². The van der Waals surface area contributed by atoms with Crippen LogP contribution in [0, 0.1) is 5.92 Å². The quantitative estimate of drug-likeness (QED) is 0.678. The molecule has 0 aromatic rings. The van der Waals surface area contributed by atoms with Gasteiger partial charge in [0.05, 0.1) is 0 Å². The maximum atomic E-state index is 4.93. The van der Waals surface area contributed by atoms with E-state index in [9.17, 15) is 0 Å². The van der Waals surface area contributed by atoms with Gasteiger partial charge in [0.15, 0.2) is 0 Å². The maximum absolute atomic E-state index is 4.93. The molecule has 11 heavy (non-hydrogen) atoms. The molecule has 0 fully saturated rings. The van der Waals surface area contributed by atoms with E-state index in [1.165, 1.54) is 6.42 Å². The Bertz CT molecular complexity index is 152. The zero-order chi connectivity index (χ0) is 8.69. The van der Waals surface area contributed by atoms with Crippen molar-refractivity contribution in [3.05, 3.63) is 23.8 Å². The predicted molar refractivity (Wildman–Crippen MR) is 48.4 cm³/mol. The van der Waals surface area contributed by atoms with Crippen molar-refractivity contribution in [2.75, 3.05) is 0 Å². The predicted octanol–water partition coefficient (Wildman–Crippen LogP) is 3.91. The van der Waals surface area contributed by atoms with Gasteiger partial charge in [0.25, 0.3) is 0 Å². The summed E-state index contributed by atoms with van der Waals surface area (Å²) < 4.78 is 0. The third-order valence-corrected chi connectivity index (χ3v) is 1.70. The van der Waals surface area contributed by atoms with Gasteiger partial charge in [0.1, 0.15) is 0 Å². The second-order valence-corrected chi connectivity index (χ2v) is 6.07. The van der Waals surface area contributed by atoms with Gasteiger partial charge in [0, 0.05) is 0 Å². The molecule has 1 aliphatic rings. The molecule has 1 unspecified atom stereocenters. The van der Waals surface area contributed by atoms with E-state index in [2.05, 4.69) is 32.1 Å². The molecule has 0 bridgehead atoms. The van der Waals surface area contributed by atoms with Crippen molar-refractivity contribution in [1.29, 1.82) is 0 Å². The van der Waals surface area contributed by atoms with E-state index in [1.54, 1.807) is 5.57 Å². The number of allylic oxidation sites excluding steroid dienone is 4. The Balaban J connectivity index is 0.000000292. The molecule has 0 saturated carbocycles. The van der Waals surface area contributed by atoms with Crippen LogP contribution >= 0.6 is 17.0 Å². The Labute approximate surface area is 87.3 Å². The molecule has 1 atom stereocenters. The van der Waals surface area contributed by atoms with Crippen LogP contribution in [0.1, 0.15) is 20.3 Å². The van der Waals surface area contributed by atoms with Crippen molar-refractivity contribution in [1.82, 2.24) is 0 Å². The van der Waals surface area contributed by atoms with Crippen molar-refractivity contribution >= 4 is 17.0 Å². The molecule has 62 valence electrons. The number of rotatable bonds is 1. The van der Waals surface area contributed by atoms with Gasteiger partial charge in [-0.2, -0.15) is 0 Å². The Morgan fingerprint density at radius 3 is 2.27 bits per heavy atom. The fourth-order valence-electron chi connectivity index (χ4n) is 1.06. The summed E-state index contributed by atoms with van der Waals surface area (Å²) in [5.74, 6) is 0.708. The van der Waals surface area contributed by atoms with Crippen LogP contribution in [0.3, 0.4) is 0 Å². The van der Waals surface area contributed by atoms with E-state index < -0.39 is 20.8 Å². The Kier molecular flexibility index (Phi) is 8.24. The summed E-state index contributed by atoms with van der Waals surface area (Å²) in [6, 6.07) is 0. The van der Waals surface area contributed by atoms with Crippen LogP contribution < -0.4 is 0 Å². The number of halogens is 2. The summed E-state index contributed by atoms with van der Waals surface area (Å²) in [5.41, 5.74) is 1.56. The minimum atomic E-state index is -0.826. The fraction of sp³-hybridized carbons (Fsp3) is 0.500. The average Bonchev–Trinajstić information content (AvgIpc) is 2.36. The van der Waals surface area contributed by atoms with Crippen LogP contribution in [-0.4, -0.2) is 0 Å². The molecular weight excluding hydrogens is 258 g/mol. The molecule has 0 aromatic carbocycles. The molecule has 0 nitrogen and oxygen atoms in total. The topological polar surface area (TPSA) is 0 Å². The molecule has 0 spiro atoms. The normalized spacial score (nSPS) is 20.4. The molecular formula is C8H12Cl2Zr. The van der Waals surface area contributed by atoms with Crippen LogP contribution in [-0.2, 0) is 20.8 Å². The first-order valence-corrected chi connectivity index (χ1v) is 9.92. The van der Waals surface area contributed by atoms with Gasteiger partial charge in [-0.3, -0.25) is 0 Å². The average molecular weight is 270 g/mol. The summed E-state index contributed by atoms with van der Waals surface area (Å²) in [6.45, 7) is 4.44. The van der Waals surface area contributed by atoms with E-state index in [0.717, 1.165) is 0 Å². The zero-order valence-corrected chi connectivity index (χ0v) is 10.7. The van der Waals surface area contributed by atoms with E-state index in [1.807, 2.05) is 0 Å². The molecule has 1 aliphatic carbocycles. The fourth-order valence-corrected chi connectivity index (χ4v) is 1.06. The van der Waals surface area contributed by atoms with Gasteiger partial charge in [-0.25, -0.2) is 0 Å². The second-order valence-electron chi connectivity index (χ2n) is 2.34. The number of hydrogen-bond acceptors (Lipinski definition) is 0. The zero-order valence-electron chi connectivity index (χ0n) is 6.77. The molecule has 3 heteroatoms. The third-order valence-electron chi connectivity index (χ3n) is 1.70. The third kappa shape index (κ3) is 5.22. The van der Waals surface area contributed by atoms with Crippen LogP contribution in [0.25, 0.3) is 0 Å². The van der Waals surface area contributed by atoms with Gasteiger partial charge in [-0.15, -0.1) is 0 Å². The first-order valence-electron chi connectivity index (χ1n) is 3.59. The minimum absolute atomic E-state index is 0.708. The van der Waals surface area contributed by atoms with Gasteiger partial charge < -0.3 is 0 Å². The standard InChI is InChI=1S/C8H12.2ClH.Zr/c1-3-8-6-4-5-7(8)2;;;/h4-7H,3H2,1-2H3;2*1H;/q;;;+2/p-2. The summed E-state index contributed by atoms with van der Waals surface area (Å²) in [7, 11) is 9.87. The summed E-state index contributed by atoms with van der Waals surface area (Å²) in [4.78, 5) is 0. The van der Waals surface area contributed by atoms with Gasteiger partial charge in [-0.05, 0) is 12.3 Å². The Morgan fingerprint density at radius 2 is 2.09 bits per heavy atom. The number of hydrogen-bond donors (Lipinski definition) is 0. The summed E-state index contributed by atoms with van der Waals surface area (Å²) >= 11 is -0.826. The molecule has 0 N–H and O–H groups in total. The second kappa shape index (κ2) is 7.58. The van der Waals surface area contributed by atoms with Gasteiger partial charge >= 0.3 is 37.9 Å². The van der Waals surface area contributed by atoms with E-state index >= 15 is 0 Å².